The van der Waals surface area contributed by atoms with Crippen molar-refractivity contribution >= 4 is 28.4 Å². The summed E-state index contributed by atoms with van der Waals surface area (Å²) in [6.45, 7) is 6.35. The first-order valence-electron chi connectivity index (χ1n) is 10.3. The number of para-hydroxylation sites is 1. The third kappa shape index (κ3) is 3.40. The molecule has 2 unspecified atom stereocenters. The Bertz CT molecular complexity index is 977. The lowest BCUT2D eigenvalue weighted by molar-refractivity contribution is 0.185. The molecule has 4 nitrogen and oxygen atoms in total. The van der Waals surface area contributed by atoms with Crippen molar-refractivity contribution < 1.29 is 4.42 Å². The van der Waals surface area contributed by atoms with Crippen molar-refractivity contribution in [1.82, 2.24) is 9.88 Å². The first-order chi connectivity index (χ1) is 13.7. The topological polar surface area (TPSA) is 32.5 Å². The summed E-state index contributed by atoms with van der Waals surface area (Å²) in [5.41, 5.74) is 4.29. The predicted molar refractivity (Wildman–Crippen MR) is 114 cm³/mol. The highest BCUT2D eigenvalue weighted by Gasteiger charge is 2.34. The Balaban J connectivity index is 1.22. The van der Waals surface area contributed by atoms with E-state index in [4.69, 9.17) is 21.0 Å². The summed E-state index contributed by atoms with van der Waals surface area (Å²) in [7, 11) is 0. The molecule has 1 saturated carbocycles. The summed E-state index contributed by atoms with van der Waals surface area (Å²) in [6, 6.07) is 15.1. The van der Waals surface area contributed by atoms with Gasteiger partial charge < -0.3 is 9.32 Å². The van der Waals surface area contributed by atoms with Gasteiger partial charge in [0.05, 0.1) is 10.7 Å². The van der Waals surface area contributed by atoms with Crippen LogP contribution in [0.5, 0.6) is 0 Å². The predicted octanol–water partition coefficient (Wildman–Crippen LogP) is 5.25. The average Bonchev–Trinajstić information content (AvgIpc) is 3.35. The van der Waals surface area contributed by atoms with Gasteiger partial charge in [0.1, 0.15) is 5.52 Å². The third-order valence-corrected chi connectivity index (χ3v) is 6.66. The van der Waals surface area contributed by atoms with E-state index in [0.717, 1.165) is 60.3 Å². The number of benzene rings is 2. The molecular weight excluding hydrogens is 370 g/mol. The van der Waals surface area contributed by atoms with Crippen LogP contribution in [0.2, 0.25) is 5.02 Å². The molecule has 1 saturated heterocycles. The maximum absolute atomic E-state index is 6.38. The van der Waals surface area contributed by atoms with Gasteiger partial charge in [-0.1, -0.05) is 29.8 Å². The number of hydrogen-bond acceptors (Lipinski definition) is 4. The molecular formula is C23H26ClN3O. The fourth-order valence-corrected chi connectivity index (χ4v) is 5.03. The normalized spacial score (nSPS) is 23.6. The number of anilines is 1. The number of nitrogens with zero attached hydrogens (tertiary/aromatic N) is 3. The molecule has 0 N–H and O–H groups in total. The molecule has 0 bridgehead atoms. The second kappa shape index (κ2) is 7.41. The van der Waals surface area contributed by atoms with Gasteiger partial charge >= 0.3 is 0 Å². The zero-order valence-electron chi connectivity index (χ0n) is 16.3. The quantitative estimate of drug-likeness (QED) is 0.606. The minimum Gasteiger partial charge on any atom is -0.440 e. The summed E-state index contributed by atoms with van der Waals surface area (Å²) in [4.78, 5) is 9.83. The Morgan fingerprint density at radius 3 is 2.68 bits per heavy atom. The third-order valence-electron chi connectivity index (χ3n) is 6.34. The summed E-state index contributed by atoms with van der Waals surface area (Å²) in [5, 5.41) is 0.850. The zero-order chi connectivity index (χ0) is 19.1. The van der Waals surface area contributed by atoms with E-state index in [1.54, 1.807) is 0 Å². The summed E-state index contributed by atoms with van der Waals surface area (Å²) < 4.78 is 6.10. The molecule has 5 rings (SSSR count). The van der Waals surface area contributed by atoms with E-state index in [9.17, 15) is 0 Å². The highest BCUT2D eigenvalue weighted by molar-refractivity contribution is 6.33. The van der Waals surface area contributed by atoms with Gasteiger partial charge in [0.15, 0.2) is 11.5 Å². The van der Waals surface area contributed by atoms with Crippen LogP contribution in [0.3, 0.4) is 0 Å². The molecule has 0 radical (unpaired) electrons. The molecule has 2 aliphatic rings. The van der Waals surface area contributed by atoms with Gasteiger partial charge in [-0.3, -0.25) is 4.90 Å². The maximum Gasteiger partial charge on any atom is 0.198 e. The Hall–Kier alpha value is -2.04. The highest BCUT2D eigenvalue weighted by Crippen LogP contribution is 2.38. The Kier molecular flexibility index (Phi) is 4.77. The number of fused-ring (bicyclic) bond motifs is 1. The Labute approximate surface area is 171 Å². The molecule has 1 aliphatic carbocycles. The van der Waals surface area contributed by atoms with Crippen molar-refractivity contribution in [2.24, 2.45) is 0 Å². The highest BCUT2D eigenvalue weighted by atomic mass is 35.5. The number of hydrogen-bond donors (Lipinski definition) is 0. The van der Waals surface area contributed by atoms with E-state index in [2.05, 4.69) is 47.1 Å². The van der Waals surface area contributed by atoms with Gasteiger partial charge in [-0.05, 0) is 56.0 Å². The average molecular weight is 396 g/mol. The molecule has 3 aromatic rings. The van der Waals surface area contributed by atoms with Gasteiger partial charge in [0.2, 0.25) is 0 Å². The van der Waals surface area contributed by atoms with Crippen LogP contribution in [0.15, 0.2) is 46.9 Å². The van der Waals surface area contributed by atoms with Gasteiger partial charge in [-0.2, -0.15) is 0 Å². The molecule has 1 aromatic heterocycles. The summed E-state index contributed by atoms with van der Waals surface area (Å²) >= 11 is 6.38. The van der Waals surface area contributed by atoms with Crippen LogP contribution < -0.4 is 4.90 Å². The van der Waals surface area contributed by atoms with Gasteiger partial charge in [-0.15, -0.1) is 0 Å². The van der Waals surface area contributed by atoms with Crippen LogP contribution in [0.25, 0.3) is 11.1 Å². The van der Waals surface area contributed by atoms with Gasteiger partial charge in [-0.25, -0.2) is 4.98 Å². The van der Waals surface area contributed by atoms with Crippen molar-refractivity contribution in [1.29, 1.82) is 0 Å². The van der Waals surface area contributed by atoms with Crippen LogP contribution in [0, 0.1) is 6.92 Å². The molecule has 0 spiro atoms. The maximum atomic E-state index is 6.38. The molecule has 1 aliphatic heterocycles. The van der Waals surface area contributed by atoms with Gasteiger partial charge in [0, 0.05) is 38.1 Å². The van der Waals surface area contributed by atoms with Crippen molar-refractivity contribution in [3.63, 3.8) is 0 Å². The molecule has 28 heavy (non-hydrogen) atoms. The van der Waals surface area contributed by atoms with E-state index >= 15 is 0 Å². The first kappa shape index (κ1) is 18.0. The lowest BCUT2D eigenvalue weighted by atomic mass is 10.1. The van der Waals surface area contributed by atoms with E-state index in [-0.39, 0.29) is 0 Å². The fourth-order valence-electron chi connectivity index (χ4n) is 4.77. The largest absolute Gasteiger partial charge is 0.440 e. The summed E-state index contributed by atoms with van der Waals surface area (Å²) in [5.74, 6) is 1.37. The fraction of sp³-hybridized carbons (Fsp3) is 0.435. The van der Waals surface area contributed by atoms with Crippen molar-refractivity contribution in [3.05, 3.63) is 58.9 Å². The Morgan fingerprint density at radius 2 is 1.86 bits per heavy atom. The van der Waals surface area contributed by atoms with Crippen LogP contribution in [-0.4, -0.2) is 42.1 Å². The zero-order valence-corrected chi connectivity index (χ0v) is 17.0. The molecule has 2 fully saturated rings. The lowest BCUT2D eigenvalue weighted by Gasteiger charge is -2.39. The molecule has 5 heteroatoms. The van der Waals surface area contributed by atoms with E-state index < -0.39 is 0 Å². The SMILES string of the molecule is Cc1ccc2nc(C3CCC(N4CCN(c5ccccc5Cl)CC4)C3)oc2c1. The number of aromatic nitrogens is 1. The second-order valence-corrected chi connectivity index (χ2v) is 8.57. The number of piperazine rings is 1. The van der Waals surface area contributed by atoms with Crippen molar-refractivity contribution in [2.75, 3.05) is 31.1 Å². The van der Waals surface area contributed by atoms with E-state index in [1.807, 2.05) is 12.1 Å². The minimum absolute atomic E-state index is 0.444. The number of rotatable bonds is 3. The number of halogens is 1. The number of oxazole rings is 1. The van der Waals surface area contributed by atoms with Crippen molar-refractivity contribution in [3.8, 4) is 0 Å². The standard InChI is InChI=1S/C23H26ClN3O/c1-16-6-9-20-22(14-16)28-23(25-20)17-7-8-18(15-17)26-10-12-27(13-11-26)21-5-3-2-4-19(21)24/h2-6,9,14,17-18H,7-8,10-13,15H2,1H3. The Morgan fingerprint density at radius 1 is 1.04 bits per heavy atom. The summed E-state index contributed by atoms with van der Waals surface area (Å²) in [6.07, 6.45) is 3.55. The van der Waals surface area contributed by atoms with Crippen LogP contribution in [0.4, 0.5) is 5.69 Å². The van der Waals surface area contributed by atoms with Gasteiger partial charge in [0.25, 0.3) is 0 Å². The molecule has 146 valence electrons. The molecule has 2 atom stereocenters. The second-order valence-electron chi connectivity index (χ2n) is 8.16. The van der Waals surface area contributed by atoms with Crippen LogP contribution >= 0.6 is 11.6 Å². The first-order valence-corrected chi connectivity index (χ1v) is 10.7. The van der Waals surface area contributed by atoms with E-state index in [1.165, 1.54) is 18.4 Å². The monoisotopic (exact) mass is 395 g/mol. The minimum atomic E-state index is 0.444. The molecule has 2 heterocycles. The van der Waals surface area contributed by atoms with Crippen molar-refractivity contribution in [2.45, 2.75) is 38.1 Å². The number of aryl methyl sites for hydroxylation is 1. The molecule has 0 amide bonds. The smallest absolute Gasteiger partial charge is 0.198 e. The lowest BCUT2D eigenvalue weighted by Crippen LogP contribution is -2.49. The van der Waals surface area contributed by atoms with Crippen LogP contribution in [0.1, 0.15) is 36.6 Å². The molecule has 2 aromatic carbocycles. The van der Waals surface area contributed by atoms with E-state index in [0.29, 0.717) is 12.0 Å². The van der Waals surface area contributed by atoms with Crippen LogP contribution in [-0.2, 0) is 0 Å².